The normalized spacial score (nSPS) is 23.2. The molecule has 2 heterocycles. The first kappa shape index (κ1) is 11.3. The highest BCUT2D eigenvalue weighted by molar-refractivity contribution is 7.11. The molecule has 1 unspecified atom stereocenters. The van der Waals surface area contributed by atoms with Gasteiger partial charge in [-0.3, -0.25) is 4.90 Å². The van der Waals surface area contributed by atoms with Crippen molar-refractivity contribution in [3.05, 3.63) is 16.1 Å². The SMILES string of the molecule is CCN1CCOC(c2ncc(CCl)s2)C1. The van der Waals surface area contributed by atoms with Crippen LogP contribution >= 0.6 is 22.9 Å². The topological polar surface area (TPSA) is 25.4 Å². The van der Waals surface area contributed by atoms with Crippen LogP contribution in [0.5, 0.6) is 0 Å². The average Bonchev–Trinajstić information content (AvgIpc) is 2.78. The number of morpholine rings is 1. The molecule has 0 amide bonds. The zero-order valence-corrected chi connectivity index (χ0v) is 10.4. The number of hydrogen-bond acceptors (Lipinski definition) is 4. The number of ether oxygens (including phenoxy) is 1. The van der Waals surface area contributed by atoms with Crippen LogP contribution in [0, 0.1) is 0 Å². The second-order valence-corrected chi connectivity index (χ2v) is 4.97. The van der Waals surface area contributed by atoms with E-state index < -0.39 is 0 Å². The first-order valence-corrected chi connectivity index (χ1v) is 6.53. The summed E-state index contributed by atoms with van der Waals surface area (Å²) in [6.45, 7) is 6.03. The van der Waals surface area contributed by atoms with Gasteiger partial charge in [0.15, 0.2) is 0 Å². The lowest BCUT2D eigenvalue weighted by Gasteiger charge is -2.30. The second kappa shape index (κ2) is 5.25. The van der Waals surface area contributed by atoms with Gasteiger partial charge in [-0.05, 0) is 6.54 Å². The maximum Gasteiger partial charge on any atom is 0.123 e. The van der Waals surface area contributed by atoms with Gasteiger partial charge in [-0.25, -0.2) is 4.98 Å². The van der Waals surface area contributed by atoms with Crippen LogP contribution in [0.15, 0.2) is 6.20 Å². The molecule has 1 aliphatic heterocycles. The summed E-state index contributed by atoms with van der Waals surface area (Å²) < 4.78 is 5.72. The van der Waals surface area contributed by atoms with Crippen molar-refractivity contribution in [3.63, 3.8) is 0 Å². The second-order valence-electron chi connectivity index (χ2n) is 3.55. The fraction of sp³-hybridized carbons (Fsp3) is 0.700. The first-order chi connectivity index (χ1) is 7.33. The van der Waals surface area contributed by atoms with Crippen LogP contribution in [0.25, 0.3) is 0 Å². The minimum Gasteiger partial charge on any atom is -0.368 e. The van der Waals surface area contributed by atoms with Gasteiger partial charge in [-0.15, -0.1) is 22.9 Å². The Kier molecular flexibility index (Phi) is 3.97. The summed E-state index contributed by atoms with van der Waals surface area (Å²) in [5, 5.41) is 1.06. The van der Waals surface area contributed by atoms with Crippen LogP contribution in [-0.4, -0.2) is 36.1 Å². The van der Waals surface area contributed by atoms with Crippen molar-refractivity contribution in [1.82, 2.24) is 9.88 Å². The van der Waals surface area contributed by atoms with Gasteiger partial charge in [0, 0.05) is 24.2 Å². The zero-order valence-electron chi connectivity index (χ0n) is 8.78. The molecule has 5 heteroatoms. The van der Waals surface area contributed by atoms with Gasteiger partial charge >= 0.3 is 0 Å². The lowest BCUT2D eigenvalue weighted by atomic mass is 10.3. The smallest absolute Gasteiger partial charge is 0.123 e. The summed E-state index contributed by atoms with van der Waals surface area (Å²) in [5.74, 6) is 0.544. The molecule has 0 spiro atoms. The van der Waals surface area contributed by atoms with Gasteiger partial charge in [0.2, 0.25) is 0 Å². The molecule has 1 aromatic heterocycles. The number of halogens is 1. The lowest BCUT2D eigenvalue weighted by molar-refractivity contribution is -0.0282. The fourth-order valence-electron chi connectivity index (χ4n) is 1.67. The van der Waals surface area contributed by atoms with Crippen LogP contribution < -0.4 is 0 Å². The van der Waals surface area contributed by atoms with Gasteiger partial charge in [-0.2, -0.15) is 0 Å². The largest absolute Gasteiger partial charge is 0.368 e. The van der Waals surface area contributed by atoms with Crippen LogP contribution in [0.3, 0.4) is 0 Å². The van der Waals surface area contributed by atoms with E-state index in [9.17, 15) is 0 Å². The van der Waals surface area contributed by atoms with E-state index in [0.29, 0.717) is 5.88 Å². The molecule has 0 N–H and O–H groups in total. The Morgan fingerprint density at radius 1 is 1.73 bits per heavy atom. The molecule has 0 saturated carbocycles. The molecule has 1 saturated heterocycles. The van der Waals surface area contributed by atoms with E-state index >= 15 is 0 Å². The zero-order chi connectivity index (χ0) is 10.7. The van der Waals surface area contributed by atoms with Crippen molar-refractivity contribution < 1.29 is 4.74 Å². The van der Waals surface area contributed by atoms with Crippen molar-refractivity contribution in [2.75, 3.05) is 26.2 Å². The first-order valence-electron chi connectivity index (χ1n) is 5.18. The van der Waals surface area contributed by atoms with E-state index in [1.54, 1.807) is 11.3 Å². The molecular weight excluding hydrogens is 232 g/mol. The van der Waals surface area contributed by atoms with Crippen molar-refractivity contribution in [3.8, 4) is 0 Å². The molecule has 0 aromatic carbocycles. The van der Waals surface area contributed by atoms with Crippen LogP contribution in [0.2, 0.25) is 0 Å². The van der Waals surface area contributed by atoms with E-state index in [0.717, 1.165) is 36.1 Å². The van der Waals surface area contributed by atoms with Crippen LogP contribution in [0.1, 0.15) is 22.9 Å². The van der Waals surface area contributed by atoms with Crippen LogP contribution in [-0.2, 0) is 10.6 Å². The highest BCUT2D eigenvalue weighted by atomic mass is 35.5. The van der Waals surface area contributed by atoms with E-state index in [1.807, 2.05) is 6.20 Å². The number of hydrogen-bond donors (Lipinski definition) is 0. The van der Waals surface area contributed by atoms with E-state index in [1.165, 1.54) is 0 Å². The molecule has 1 aromatic rings. The molecular formula is C10H15ClN2OS. The average molecular weight is 247 g/mol. The number of rotatable bonds is 3. The Labute approximate surface area is 99.0 Å². The van der Waals surface area contributed by atoms with Crippen molar-refractivity contribution in [2.45, 2.75) is 18.9 Å². The highest BCUT2D eigenvalue weighted by Crippen LogP contribution is 2.26. The molecule has 0 bridgehead atoms. The van der Waals surface area contributed by atoms with Crippen molar-refractivity contribution >= 4 is 22.9 Å². The molecule has 0 radical (unpaired) electrons. The van der Waals surface area contributed by atoms with Gasteiger partial charge in [0.05, 0.1) is 12.5 Å². The Bertz CT molecular complexity index is 318. The number of thiazole rings is 1. The number of aromatic nitrogens is 1. The fourth-order valence-corrected chi connectivity index (χ4v) is 2.71. The van der Waals surface area contributed by atoms with Gasteiger partial charge in [0.25, 0.3) is 0 Å². The van der Waals surface area contributed by atoms with Gasteiger partial charge < -0.3 is 4.74 Å². The Balaban J connectivity index is 2.03. The third kappa shape index (κ3) is 2.69. The number of likely N-dealkylation sites (N-methyl/N-ethyl adjacent to an activating group) is 1. The van der Waals surface area contributed by atoms with Crippen molar-refractivity contribution in [2.24, 2.45) is 0 Å². The molecule has 1 atom stereocenters. The number of alkyl halides is 1. The number of nitrogens with zero attached hydrogens (tertiary/aromatic N) is 2. The quantitative estimate of drug-likeness (QED) is 0.766. The predicted molar refractivity (Wildman–Crippen MR) is 62.5 cm³/mol. The van der Waals surface area contributed by atoms with Gasteiger partial charge in [0.1, 0.15) is 11.1 Å². The van der Waals surface area contributed by atoms with E-state index in [2.05, 4.69) is 16.8 Å². The summed E-state index contributed by atoms with van der Waals surface area (Å²) in [6.07, 6.45) is 1.99. The summed E-state index contributed by atoms with van der Waals surface area (Å²) >= 11 is 7.41. The molecule has 1 fully saturated rings. The molecule has 2 rings (SSSR count). The summed E-state index contributed by atoms with van der Waals surface area (Å²) in [4.78, 5) is 7.86. The van der Waals surface area contributed by atoms with E-state index in [-0.39, 0.29) is 6.10 Å². The molecule has 84 valence electrons. The summed E-state index contributed by atoms with van der Waals surface area (Å²) in [5.41, 5.74) is 0. The Hall–Kier alpha value is -0.160. The van der Waals surface area contributed by atoms with E-state index in [4.69, 9.17) is 16.3 Å². The molecule has 1 aliphatic rings. The van der Waals surface area contributed by atoms with Crippen molar-refractivity contribution in [1.29, 1.82) is 0 Å². The summed E-state index contributed by atoms with van der Waals surface area (Å²) in [7, 11) is 0. The van der Waals surface area contributed by atoms with Gasteiger partial charge in [-0.1, -0.05) is 6.92 Å². The maximum absolute atomic E-state index is 5.75. The molecule has 0 aliphatic carbocycles. The maximum atomic E-state index is 5.75. The predicted octanol–water partition coefficient (Wildman–Crippen LogP) is 2.28. The van der Waals surface area contributed by atoms with Crippen LogP contribution in [0.4, 0.5) is 0 Å². The monoisotopic (exact) mass is 246 g/mol. The standard InChI is InChI=1S/C10H15ClN2OS/c1-2-13-3-4-14-9(7-13)10-12-6-8(5-11)15-10/h6,9H,2-5,7H2,1H3. The highest BCUT2D eigenvalue weighted by Gasteiger charge is 2.23. The Morgan fingerprint density at radius 3 is 3.27 bits per heavy atom. The molecule has 3 nitrogen and oxygen atoms in total. The minimum absolute atomic E-state index is 0.140. The lowest BCUT2D eigenvalue weighted by Crippen LogP contribution is -2.37. The molecule has 15 heavy (non-hydrogen) atoms. The Morgan fingerprint density at radius 2 is 2.60 bits per heavy atom. The minimum atomic E-state index is 0.140. The third-order valence-electron chi connectivity index (χ3n) is 2.58. The summed E-state index contributed by atoms with van der Waals surface area (Å²) in [6, 6.07) is 0. The third-order valence-corrected chi connectivity index (χ3v) is 4.11.